The molecule has 0 spiro atoms. The Morgan fingerprint density at radius 3 is 2.68 bits per heavy atom. The molecule has 7 heteroatoms. The summed E-state index contributed by atoms with van der Waals surface area (Å²) in [5, 5.41) is 13.7. The van der Waals surface area contributed by atoms with Crippen LogP contribution in [-0.2, 0) is 9.53 Å². The van der Waals surface area contributed by atoms with E-state index in [9.17, 15) is 14.7 Å². The van der Waals surface area contributed by atoms with Crippen molar-refractivity contribution in [2.24, 2.45) is 5.92 Å². The number of ether oxygens (including phenoxy) is 1. The molecule has 136 valence electrons. The van der Waals surface area contributed by atoms with Crippen LogP contribution in [0, 0.1) is 12.8 Å². The third kappa shape index (κ3) is 4.14. The van der Waals surface area contributed by atoms with Crippen LogP contribution in [0.2, 0.25) is 5.02 Å². The molecule has 1 aromatic carbocycles. The number of halogens is 1. The largest absolute Gasteiger partial charge is 0.391 e. The van der Waals surface area contributed by atoms with Gasteiger partial charge in [0.15, 0.2) is 0 Å². The monoisotopic (exact) mass is 366 g/mol. The van der Waals surface area contributed by atoms with Gasteiger partial charge in [0.1, 0.15) is 0 Å². The zero-order chi connectivity index (χ0) is 18.0. The van der Waals surface area contributed by atoms with E-state index >= 15 is 0 Å². The minimum absolute atomic E-state index is 0.0430. The van der Waals surface area contributed by atoms with Gasteiger partial charge in [0, 0.05) is 29.6 Å². The van der Waals surface area contributed by atoms with E-state index in [1.165, 1.54) is 0 Å². The highest BCUT2D eigenvalue weighted by molar-refractivity contribution is 6.31. The zero-order valence-electron chi connectivity index (χ0n) is 14.2. The molecule has 25 heavy (non-hydrogen) atoms. The molecule has 0 bridgehead atoms. The van der Waals surface area contributed by atoms with Crippen molar-refractivity contribution in [1.29, 1.82) is 0 Å². The molecule has 1 saturated carbocycles. The molecule has 3 rings (SSSR count). The first-order valence-corrected chi connectivity index (χ1v) is 8.95. The van der Waals surface area contributed by atoms with E-state index in [0.29, 0.717) is 49.7 Å². The number of carbonyl (C=O) groups is 2. The Labute approximate surface area is 152 Å². The first kappa shape index (κ1) is 18.2. The summed E-state index contributed by atoms with van der Waals surface area (Å²) in [5.74, 6) is -0.477. The Kier molecular flexibility index (Phi) is 5.61. The number of carbonyl (C=O) groups excluding carboxylic acids is 2. The predicted octanol–water partition coefficient (Wildman–Crippen LogP) is 1.38. The van der Waals surface area contributed by atoms with Crippen LogP contribution in [0.1, 0.15) is 28.8 Å². The van der Waals surface area contributed by atoms with Gasteiger partial charge in [-0.05, 0) is 43.5 Å². The lowest BCUT2D eigenvalue weighted by Crippen LogP contribution is -2.43. The molecule has 1 aliphatic heterocycles. The molecule has 2 N–H and O–H groups in total. The van der Waals surface area contributed by atoms with Crippen LogP contribution < -0.4 is 5.32 Å². The van der Waals surface area contributed by atoms with Crippen molar-refractivity contribution in [2.75, 3.05) is 26.3 Å². The lowest BCUT2D eigenvalue weighted by atomic mass is 10.1. The maximum atomic E-state index is 12.6. The lowest BCUT2D eigenvalue weighted by molar-refractivity contribution is -0.139. The second-order valence-corrected chi connectivity index (χ2v) is 7.12. The number of nitrogens with one attached hydrogen (secondary N) is 1. The summed E-state index contributed by atoms with van der Waals surface area (Å²) in [6.07, 6.45) is 0.114. The Morgan fingerprint density at radius 2 is 2.00 bits per heavy atom. The average Bonchev–Trinajstić information content (AvgIpc) is 2.98. The molecule has 1 heterocycles. The second-order valence-electron chi connectivity index (χ2n) is 6.72. The Hall–Kier alpha value is -1.63. The number of aliphatic hydroxyl groups excluding tert-OH is 1. The van der Waals surface area contributed by atoms with E-state index in [2.05, 4.69) is 5.32 Å². The van der Waals surface area contributed by atoms with E-state index in [0.717, 1.165) is 5.56 Å². The highest BCUT2D eigenvalue weighted by atomic mass is 35.5. The zero-order valence-corrected chi connectivity index (χ0v) is 15.0. The maximum Gasteiger partial charge on any atom is 0.251 e. The molecular formula is C18H23ClN2O4. The van der Waals surface area contributed by atoms with Crippen molar-refractivity contribution in [2.45, 2.75) is 31.9 Å². The normalized spacial score (nSPS) is 26.5. The van der Waals surface area contributed by atoms with Gasteiger partial charge in [0.25, 0.3) is 5.91 Å². The molecule has 2 amide bonds. The van der Waals surface area contributed by atoms with Gasteiger partial charge in [0.2, 0.25) is 5.91 Å². The number of aryl methyl sites for hydroxylation is 1. The van der Waals surface area contributed by atoms with Crippen LogP contribution in [0.3, 0.4) is 0 Å². The molecular weight excluding hydrogens is 344 g/mol. The minimum atomic E-state index is -0.715. The Morgan fingerprint density at radius 1 is 1.28 bits per heavy atom. The van der Waals surface area contributed by atoms with Crippen LogP contribution >= 0.6 is 11.6 Å². The highest BCUT2D eigenvalue weighted by Gasteiger charge is 2.39. The first-order chi connectivity index (χ1) is 12.0. The van der Waals surface area contributed by atoms with Gasteiger partial charge in [-0.3, -0.25) is 9.59 Å². The fourth-order valence-electron chi connectivity index (χ4n) is 3.45. The molecule has 1 aromatic rings. The quantitative estimate of drug-likeness (QED) is 0.847. The fourth-order valence-corrected chi connectivity index (χ4v) is 3.57. The number of aliphatic hydroxyl groups is 1. The van der Waals surface area contributed by atoms with Gasteiger partial charge in [-0.1, -0.05) is 11.6 Å². The van der Waals surface area contributed by atoms with E-state index in [4.69, 9.17) is 16.3 Å². The molecule has 3 atom stereocenters. The smallest absolute Gasteiger partial charge is 0.251 e. The maximum absolute atomic E-state index is 12.6. The number of morpholine rings is 1. The summed E-state index contributed by atoms with van der Waals surface area (Å²) >= 11 is 5.98. The van der Waals surface area contributed by atoms with Gasteiger partial charge in [0.05, 0.1) is 25.4 Å². The van der Waals surface area contributed by atoms with Crippen molar-refractivity contribution in [3.8, 4) is 0 Å². The molecule has 2 fully saturated rings. The summed E-state index contributed by atoms with van der Waals surface area (Å²) in [5.41, 5.74) is 1.32. The van der Waals surface area contributed by atoms with Crippen molar-refractivity contribution < 1.29 is 19.4 Å². The molecule has 1 aliphatic carbocycles. The molecule has 0 unspecified atom stereocenters. The number of nitrogens with zero attached hydrogens (tertiary/aromatic N) is 1. The minimum Gasteiger partial charge on any atom is -0.391 e. The molecule has 0 aromatic heterocycles. The average molecular weight is 367 g/mol. The molecule has 2 aliphatic rings. The number of amides is 2. The van der Waals surface area contributed by atoms with E-state index in [1.54, 1.807) is 23.1 Å². The molecule has 1 saturated heterocycles. The number of rotatable bonds is 3. The Balaban J connectivity index is 1.60. The highest BCUT2D eigenvalue weighted by Crippen LogP contribution is 2.28. The topological polar surface area (TPSA) is 78.9 Å². The van der Waals surface area contributed by atoms with Gasteiger partial charge in [-0.2, -0.15) is 0 Å². The van der Waals surface area contributed by atoms with Gasteiger partial charge < -0.3 is 20.1 Å². The number of benzene rings is 1. The third-order valence-electron chi connectivity index (χ3n) is 4.94. The third-order valence-corrected chi connectivity index (χ3v) is 5.36. The van der Waals surface area contributed by atoms with Crippen LogP contribution in [-0.4, -0.2) is 60.3 Å². The number of hydrogen-bond donors (Lipinski definition) is 2. The van der Waals surface area contributed by atoms with Crippen molar-refractivity contribution in [3.05, 3.63) is 34.3 Å². The number of hydrogen-bond acceptors (Lipinski definition) is 4. The van der Waals surface area contributed by atoms with Crippen molar-refractivity contribution in [3.63, 3.8) is 0 Å². The van der Waals surface area contributed by atoms with Crippen LogP contribution in [0.15, 0.2) is 18.2 Å². The van der Waals surface area contributed by atoms with Crippen LogP contribution in [0.4, 0.5) is 0 Å². The summed E-state index contributed by atoms with van der Waals surface area (Å²) in [4.78, 5) is 26.8. The summed E-state index contributed by atoms with van der Waals surface area (Å²) in [7, 11) is 0. The SMILES string of the molecule is Cc1cc(C(=O)N[C@@H]2C[C@H](C(=O)N3CCOCC3)C[C@H]2O)ccc1Cl. The lowest BCUT2D eigenvalue weighted by Gasteiger charge is -2.29. The van der Waals surface area contributed by atoms with Crippen LogP contribution in [0.25, 0.3) is 0 Å². The second kappa shape index (κ2) is 7.72. The van der Waals surface area contributed by atoms with Gasteiger partial charge in [-0.15, -0.1) is 0 Å². The van der Waals surface area contributed by atoms with Crippen LogP contribution in [0.5, 0.6) is 0 Å². The standard InChI is InChI=1S/C18H23ClN2O4/c1-11-8-12(2-3-14(11)19)17(23)20-15-9-13(10-16(15)22)18(24)21-4-6-25-7-5-21/h2-3,8,13,15-16,22H,4-7,9-10H2,1H3,(H,20,23)/t13-,15+,16+/m0/s1. The van der Waals surface area contributed by atoms with Gasteiger partial charge in [-0.25, -0.2) is 0 Å². The van der Waals surface area contributed by atoms with Crippen molar-refractivity contribution in [1.82, 2.24) is 10.2 Å². The Bertz CT molecular complexity index is 660. The summed E-state index contributed by atoms with van der Waals surface area (Å²) in [6, 6.07) is 4.64. The van der Waals surface area contributed by atoms with E-state index in [1.807, 2.05) is 6.92 Å². The van der Waals surface area contributed by atoms with Gasteiger partial charge >= 0.3 is 0 Å². The fraction of sp³-hybridized carbons (Fsp3) is 0.556. The van der Waals surface area contributed by atoms with E-state index in [-0.39, 0.29) is 17.7 Å². The molecule has 6 nitrogen and oxygen atoms in total. The summed E-state index contributed by atoms with van der Waals surface area (Å²) in [6.45, 7) is 4.12. The first-order valence-electron chi connectivity index (χ1n) is 8.57. The van der Waals surface area contributed by atoms with Crippen molar-refractivity contribution >= 4 is 23.4 Å². The predicted molar refractivity (Wildman–Crippen MR) is 93.6 cm³/mol. The molecule has 0 radical (unpaired) electrons. The summed E-state index contributed by atoms with van der Waals surface area (Å²) < 4.78 is 5.26. The van der Waals surface area contributed by atoms with E-state index < -0.39 is 12.1 Å².